The fourth-order valence-corrected chi connectivity index (χ4v) is 2.54. The lowest BCUT2D eigenvalue weighted by atomic mass is 10.0. The Morgan fingerprint density at radius 2 is 1.92 bits per heavy atom. The van der Waals surface area contributed by atoms with Crippen molar-refractivity contribution < 1.29 is 19.3 Å². The van der Waals surface area contributed by atoms with Gasteiger partial charge in [0.25, 0.3) is 0 Å². The van der Waals surface area contributed by atoms with Gasteiger partial charge in [0.1, 0.15) is 16.9 Å². The van der Waals surface area contributed by atoms with Crippen molar-refractivity contribution in [2.24, 2.45) is 0 Å². The molecule has 0 aliphatic heterocycles. The zero-order valence-electron chi connectivity index (χ0n) is 13.7. The summed E-state index contributed by atoms with van der Waals surface area (Å²) < 4.78 is 10.9. The first-order chi connectivity index (χ1) is 11.4. The highest BCUT2D eigenvalue weighted by Crippen LogP contribution is 2.30. The van der Waals surface area contributed by atoms with E-state index in [0.29, 0.717) is 11.3 Å². The van der Waals surface area contributed by atoms with E-state index >= 15 is 0 Å². The molecule has 124 valence electrons. The third-order valence-corrected chi connectivity index (χ3v) is 3.80. The third-order valence-electron chi connectivity index (χ3n) is 3.80. The molecule has 5 heteroatoms. The second kappa shape index (κ2) is 6.11. The van der Waals surface area contributed by atoms with Gasteiger partial charge in [0.2, 0.25) is 0 Å². The molecule has 24 heavy (non-hydrogen) atoms. The van der Waals surface area contributed by atoms with Crippen LogP contribution in [0.1, 0.15) is 19.4 Å². The van der Waals surface area contributed by atoms with Gasteiger partial charge in [-0.1, -0.05) is 12.1 Å². The molecular formula is C19H18O5. The summed E-state index contributed by atoms with van der Waals surface area (Å²) in [5, 5.41) is 11.6. The minimum Gasteiger partial charge on any atom is -0.465 e. The maximum Gasteiger partial charge on any atom is 0.336 e. The van der Waals surface area contributed by atoms with Gasteiger partial charge in [0.15, 0.2) is 0 Å². The molecule has 3 aromatic rings. The zero-order valence-corrected chi connectivity index (χ0v) is 13.7. The summed E-state index contributed by atoms with van der Waals surface area (Å²) >= 11 is 0. The van der Waals surface area contributed by atoms with Crippen molar-refractivity contribution in [2.75, 3.05) is 0 Å². The molecular weight excluding hydrogens is 308 g/mol. The Labute approximate surface area is 138 Å². The van der Waals surface area contributed by atoms with Crippen molar-refractivity contribution in [1.82, 2.24) is 0 Å². The third kappa shape index (κ3) is 3.18. The van der Waals surface area contributed by atoms with Crippen LogP contribution < -0.4 is 10.4 Å². The summed E-state index contributed by atoms with van der Waals surface area (Å²) in [6, 6.07) is 10.9. The lowest BCUT2D eigenvalue weighted by Gasteiger charge is -2.14. The van der Waals surface area contributed by atoms with Crippen molar-refractivity contribution in [3.63, 3.8) is 0 Å². The Bertz CT molecular complexity index is 982. The quantitative estimate of drug-likeness (QED) is 0.253. The molecule has 0 unspecified atom stereocenters. The molecule has 3 rings (SSSR count). The van der Waals surface area contributed by atoms with E-state index in [1.165, 1.54) is 12.3 Å². The summed E-state index contributed by atoms with van der Waals surface area (Å²) in [4.78, 5) is 15.9. The number of hydrogen-bond acceptors (Lipinski definition) is 5. The first-order valence-corrected chi connectivity index (χ1v) is 7.54. The number of ether oxygens (including phenoxy) is 1. The molecule has 0 bridgehead atoms. The summed E-state index contributed by atoms with van der Waals surface area (Å²) in [5.41, 5.74) is 0.217. The van der Waals surface area contributed by atoms with Crippen LogP contribution in [0.4, 0.5) is 0 Å². The van der Waals surface area contributed by atoms with E-state index < -0.39 is 5.60 Å². The average Bonchev–Trinajstić information content (AvgIpc) is 2.53. The van der Waals surface area contributed by atoms with Crippen molar-refractivity contribution in [2.45, 2.75) is 26.4 Å². The van der Waals surface area contributed by atoms with Crippen LogP contribution in [0, 0.1) is 6.92 Å². The molecule has 0 aliphatic carbocycles. The lowest BCUT2D eigenvalue weighted by Crippen LogP contribution is -2.19. The van der Waals surface area contributed by atoms with Gasteiger partial charge in [-0.2, -0.15) is 0 Å². The molecule has 1 aromatic heterocycles. The molecule has 0 saturated heterocycles. The molecule has 5 nitrogen and oxygen atoms in total. The number of benzene rings is 2. The van der Waals surface area contributed by atoms with Gasteiger partial charge in [-0.05, 0) is 61.4 Å². The number of fused-ring (bicyclic) bond motifs is 3. The highest BCUT2D eigenvalue weighted by Gasteiger charge is 2.13. The predicted octanol–water partition coefficient (Wildman–Crippen LogP) is 4.42. The van der Waals surface area contributed by atoms with Gasteiger partial charge < -0.3 is 9.15 Å². The van der Waals surface area contributed by atoms with Gasteiger partial charge in [0, 0.05) is 11.5 Å². The Morgan fingerprint density at radius 1 is 1.17 bits per heavy atom. The molecule has 0 aliphatic rings. The van der Waals surface area contributed by atoms with Crippen molar-refractivity contribution in [1.29, 1.82) is 0 Å². The van der Waals surface area contributed by atoms with E-state index in [0.717, 1.165) is 21.7 Å². The highest BCUT2D eigenvalue weighted by atomic mass is 17.1. The van der Waals surface area contributed by atoms with Crippen LogP contribution in [-0.4, -0.2) is 10.9 Å². The summed E-state index contributed by atoms with van der Waals surface area (Å²) in [5.74, 6) is 0.630. The van der Waals surface area contributed by atoms with E-state index in [1.54, 1.807) is 26.0 Å². The molecule has 1 heterocycles. The van der Waals surface area contributed by atoms with Gasteiger partial charge >= 0.3 is 5.63 Å². The second-order valence-electron chi connectivity index (χ2n) is 6.19. The smallest absolute Gasteiger partial charge is 0.336 e. The van der Waals surface area contributed by atoms with E-state index in [-0.39, 0.29) is 5.63 Å². The van der Waals surface area contributed by atoms with Crippen LogP contribution in [0.15, 0.2) is 57.9 Å². The standard InChI is InChI=1S/C19H18O5/c1-12-10-17(20)23-16-7-5-13-4-6-14(11-15(13)18(12)16)22-9-8-19(2,3)24-21/h4-11,21H,1-3H3/b9-8+. The van der Waals surface area contributed by atoms with Crippen LogP contribution in [0.5, 0.6) is 5.75 Å². The predicted molar refractivity (Wildman–Crippen MR) is 92.3 cm³/mol. The Balaban J connectivity index is 2.07. The van der Waals surface area contributed by atoms with Crippen molar-refractivity contribution in [3.8, 4) is 5.75 Å². The minimum absolute atomic E-state index is 0.360. The number of hydrogen-bond donors (Lipinski definition) is 1. The number of rotatable bonds is 4. The first-order valence-electron chi connectivity index (χ1n) is 7.54. The SMILES string of the molecule is Cc1cc(=O)oc2ccc3ccc(O/C=C/C(C)(C)OO)cc3c12. The van der Waals surface area contributed by atoms with E-state index in [9.17, 15) is 4.79 Å². The summed E-state index contributed by atoms with van der Waals surface area (Å²) in [6.07, 6.45) is 3.07. The summed E-state index contributed by atoms with van der Waals surface area (Å²) in [6.45, 7) is 5.28. The zero-order chi connectivity index (χ0) is 17.3. The molecule has 0 fully saturated rings. The molecule has 0 amide bonds. The minimum atomic E-state index is -0.830. The van der Waals surface area contributed by atoms with Gasteiger partial charge in [-0.3, -0.25) is 5.26 Å². The topological polar surface area (TPSA) is 68.9 Å². The first kappa shape index (κ1) is 16.2. The second-order valence-corrected chi connectivity index (χ2v) is 6.19. The van der Waals surface area contributed by atoms with Crippen LogP contribution in [-0.2, 0) is 4.89 Å². The maximum atomic E-state index is 11.5. The molecule has 0 spiro atoms. The normalized spacial score (nSPS) is 12.3. The Morgan fingerprint density at radius 3 is 2.67 bits per heavy atom. The molecule has 0 radical (unpaired) electrons. The fraction of sp³-hybridized carbons (Fsp3) is 0.211. The Kier molecular flexibility index (Phi) is 4.13. The van der Waals surface area contributed by atoms with Crippen molar-refractivity contribution in [3.05, 3.63) is 64.7 Å². The summed E-state index contributed by atoms with van der Waals surface area (Å²) in [7, 11) is 0. The maximum absolute atomic E-state index is 11.5. The largest absolute Gasteiger partial charge is 0.465 e. The fourth-order valence-electron chi connectivity index (χ4n) is 2.54. The van der Waals surface area contributed by atoms with Crippen LogP contribution >= 0.6 is 0 Å². The Hall–Kier alpha value is -2.63. The van der Waals surface area contributed by atoms with E-state index in [2.05, 4.69) is 4.89 Å². The average molecular weight is 326 g/mol. The molecule has 2 aromatic carbocycles. The van der Waals surface area contributed by atoms with Gasteiger partial charge in [-0.15, -0.1) is 0 Å². The van der Waals surface area contributed by atoms with E-state index in [1.807, 2.05) is 31.2 Å². The molecule has 1 N–H and O–H groups in total. The monoisotopic (exact) mass is 326 g/mol. The molecule has 0 atom stereocenters. The van der Waals surface area contributed by atoms with Crippen LogP contribution in [0.25, 0.3) is 21.7 Å². The number of aryl methyl sites for hydroxylation is 1. The van der Waals surface area contributed by atoms with Gasteiger partial charge in [-0.25, -0.2) is 9.68 Å². The van der Waals surface area contributed by atoms with Crippen LogP contribution in [0.3, 0.4) is 0 Å². The highest BCUT2D eigenvalue weighted by molar-refractivity contribution is 6.07. The van der Waals surface area contributed by atoms with Crippen molar-refractivity contribution >= 4 is 21.7 Å². The van der Waals surface area contributed by atoms with E-state index in [4.69, 9.17) is 14.4 Å². The van der Waals surface area contributed by atoms with Gasteiger partial charge in [0.05, 0.1) is 6.26 Å². The van der Waals surface area contributed by atoms with Crippen LogP contribution in [0.2, 0.25) is 0 Å². The lowest BCUT2D eigenvalue weighted by molar-refractivity contribution is -0.297. The molecule has 0 saturated carbocycles.